The molecule has 0 aliphatic carbocycles. The molecule has 1 saturated heterocycles. The zero-order chi connectivity index (χ0) is 17.8. The van der Waals surface area contributed by atoms with Crippen molar-refractivity contribution in [2.45, 2.75) is 20.3 Å². The van der Waals surface area contributed by atoms with E-state index in [4.69, 9.17) is 5.26 Å². The Morgan fingerprint density at radius 1 is 1.24 bits per heavy atom. The fourth-order valence-electron chi connectivity index (χ4n) is 2.96. The average molecular weight is 333 g/mol. The van der Waals surface area contributed by atoms with E-state index in [9.17, 15) is 5.26 Å². The molecule has 0 aromatic carbocycles. The minimum Gasteiger partial charge on any atom is -0.370 e. The van der Waals surface area contributed by atoms with Gasteiger partial charge in [-0.1, -0.05) is 0 Å². The van der Waals surface area contributed by atoms with E-state index in [1.54, 1.807) is 12.3 Å². The molecule has 0 bridgehead atoms. The molecule has 7 heteroatoms. The minimum atomic E-state index is 0.437. The van der Waals surface area contributed by atoms with Crippen LogP contribution in [-0.4, -0.2) is 34.8 Å². The second-order valence-electron chi connectivity index (χ2n) is 6.25. The first kappa shape index (κ1) is 16.7. The molecule has 1 N–H and O–H groups in total. The lowest BCUT2D eigenvalue weighted by Gasteiger charge is -2.19. The summed E-state index contributed by atoms with van der Waals surface area (Å²) < 4.78 is 0. The van der Waals surface area contributed by atoms with Gasteiger partial charge in [0.05, 0.1) is 11.3 Å². The number of aryl methyl sites for hydroxylation is 1. The maximum Gasteiger partial charge on any atom is 0.169 e. The molecule has 3 rings (SSSR count). The standard InChI is InChI=1S/C18H19N7/c1-12-13(2)23-24-18(16(12)8-20)25-6-5-15(11-25)10-22-17-4-3-14(7-19)9-21-17/h3-4,9,15H,5-6,10-11H2,1-2H3,(H,21,22)/t15-/m0/s1. The van der Waals surface area contributed by atoms with Gasteiger partial charge in [0.2, 0.25) is 0 Å². The SMILES string of the molecule is Cc1nnc(N2CC[C@@H](CNc3ccc(C#N)cn3)C2)c(C#N)c1C. The van der Waals surface area contributed by atoms with Gasteiger partial charge in [0, 0.05) is 25.8 Å². The highest BCUT2D eigenvalue weighted by Gasteiger charge is 2.26. The van der Waals surface area contributed by atoms with E-state index in [-0.39, 0.29) is 0 Å². The van der Waals surface area contributed by atoms with Crippen molar-refractivity contribution < 1.29 is 0 Å². The summed E-state index contributed by atoms with van der Waals surface area (Å²) in [6.07, 6.45) is 2.58. The van der Waals surface area contributed by atoms with Gasteiger partial charge in [-0.3, -0.25) is 0 Å². The number of nitrogens with zero attached hydrogens (tertiary/aromatic N) is 6. The lowest BCUT2D eigenvalue weighted by atomic mass is 10.1. The van der Waals surface area contributed by atoms with Crippen molar-refractivity contribution in [3.63, 3.8) is 0 Å². The Labute approximate surface area is 146 Å². The van der Waals surface area contributed by atoms with Crippen LogP contribution in [-0.2, 0) is 0 Å². The number of hydrogen-bond acceptors (Lipinski definition) is 7. The van der Waals surface area contributed by atoms with Crippen LogP contribution in [0.5, 0.6) is 0 Å². The van der Waals surface area contributed by atoms with Gasteiger partial charge in [0.25, 0.3) is 0 Å². The fraction of sp³-hybridized carbons (Fsp3) is 0.389. The van der Waals surface area contributed by atoms with Crippen molar-refractivity contribution in [1.29, 1.82) is 10.5 Å². The molecule has 1 aliphatic rings. The van der Waals surface area contributed by atoms with Crippen molar-refractivity contribution >= 4 is 11.6 Å². The van der Waals surface area contributed by atoms with Gasteiger partial charge in [0.15, 0.2) is 5.82 Å². The molecule has 2 aromatic heterocycles. The normalized spacial score (nSPS) is 16.3. The smallest absolute Gasteiger partial charge is 0.169 e. The Bertz CT molecular complexity index is 845. The molecule has 0 saturated carbocycles. The van der Waals surface area contributed by atoms with Gasteiger partial charge in [-0.2, -0.15) is 15.6 Å². The highest BCUT2D eigenvalue weighted by molar-refractivity contribution is 5.58. The van der Waals surface area contributed by atoms with Crippen molar-refractivity contribution in [3.8, 4) is 12.1 Å². The molecule has 0 amide bonds. The van der Waals surface area contributed by atoms with Crippen LogP contribution in [0.1, 0.15) is 28.8 Å². The number of anilines is 2. The molecular weight excluding hydrogens is 314 g/mol. The van der Waals surface area contributed by atoms with E-state index >= 15 is 0 Å². The average Bonchev–Trinajstić information content (AvgIpc) is 3.11. The predicted molar refractivity (Wildman–Crippen MR) is 94.0 cm³/mol. The highest BCUT2D eigenvalue weighted by Crippen LogP contribution is 2.27. The van der Waals surface area contributed by atoms with Crippen LogP contribution in [0.3, 0.4) is 0 Å². The first-order valence-corrected chi connectivity index (χ1v) is 8.21. The predicted octanol–water partition coefficient (Wildman–Crippen LogP) is 2.17. The zero-order valence-corrected chi connectivity index (χ0v) is 14.3. The van der Waals surface area contributed by atoms with Crippen LogP contribution >= 0.6 is 0 Å². The van der Waals surface area contributed by atoms with Crippen LogP contribution in [0.2, 0.25) is 0 Å². The number of rotatable bonds is 4. The summed E-state index contributed by atoms with van der Waals surface area (Å²) >= 11 is 0. The maximum atomic E-state index is 9.46. The molecule has 0 radical (unpaired) electrons. The first-order chi connectivity index (χ1) is 12.1. The van der Waals surface area contributed by atoms with Crippen LogP contribution < -0.4 is 10.2 Å². The zero-order valence-electron chi connectivity index (χ0n) is 14.3. The van der Waals surface area contributed by atoms with Gasteiger partial charge < -0.3 is 10.2 Å². The molecule has 3 heterocycles. The van der Waals surface area contributed by atoms with E-state index in [2.05, 4.69) is 37.5 Å². The number of nitrogens with one attached hydrogen (secondary N) is 1. The van der Waals surface area contributed by atoms with E-state index in [0.717, 1.165) is 43.1 Å². The Morgan fingerprint density at radius 2 is 2.08 bits per heavy atom. The summed E-state index contributed by atoms with van der Waals surface area (Å²) in [6, 6.07) is 7.89. The van der Waals surface area contributed by atoms with Crippen LogP contribution in [0, 0.1) is 42.4 Å². The van der Waals surface area contributed by atoms with Crippen LogP contribution in [0.25, 0.3) is 0 Å². The van der Waals surface area contributed by atoms with Crippen molar-refractivity contribution in [3.05, 3.63) is 40.7 Å². The third kappa shape index (κ3) is 3.51. The summed E-state index contributed by atoms with van der Waals surface area (Å²) in [4.78, 5) is 6.36. The molecule has 0 spiro atoms. The summed E-state index contributed by atoms with van der Waals surface area (Å²) in [5, 5.41) is 30.0. The van der Waals surface area contributed by atoms with Crippen molar-refractivity contribution in [2.24, 2.45) is 5.92 Å². The second kappa shape index (κ2) is 7.14. The number of hydrogen-bond donors (Lipinski definition) is 1. The molecule has 25 heavy (non-hydrogen) atoms. The monoisotopic (exact) mass is 333 g/mol. The second-order valence-corrected chi connectivity index (χ2v) is 6.25. The molecule has 1 atom stereocenters. The highest BCUT2D eigenvalue weighted by atomic mass is 15.3. The van der Waals surface area contributed by atoms with Gasteiger partial charge in [-0.15, -0.1) is 5.10 Å². The van der Waals surface area contributed by atoms with E-state index in [0.29, 0.717) is 22.9 Å². The molecule has 7 nitrogen and oxygen atoms in total. The molecule has 126 valence electrons. The lowest BCUT2D eigenvalue weighted by Crippen LogP contribution is -2.25. The molecule has 1 aliphatic heterocycles. The Balaban J connectivity index is 1.63. The summed E-state index contributed by atoms with van der Waals surface area (Å²) in [6.45, 7) is 6.26. The third-order valence-electron chi connectivity index (χ3n) is 4.60. The number of aromatic nitrogens is 3. The maximum absolute atomic E-state index is 9.46. The fourth-order valence-corrected chi connectivity index (χ4v) is 2.96. The third-order valence-corrected chi connectivity index (χ3v) is 4.60. The number of nitriles is 2. The summed E-state index contributed by atoms with van der Waals surface area (Å²) in [5.74, 6) is 1.89. The van der Waals surface area contributed by atoms with Crippen LogP contribution in [0.15, 0.2) is 18.3 Å². The van der Waals surface area contributed by atoms with E-state index in [1.807, 2.05) is 19.9 Å². The van der Waals surface area contributed by atoms with Gasteiger partial charge >= 0.3 is 0 Å². The molecule has 2 aromatic rings. The largest absolute Gasteiger partial charge is 0.370 e. The molecule has 1 fully saturated rings. The van der Waals surface area contributed by atoms with Gasteiger partial charge in [-0.05, 0) is 43.9 Å². The van der Waals surface area contributed by atoms with E-state index in [1.165, 1.54) is 0 Å². The Morgan fingerprint density at radius 3 is 2.76 bits per heavy atom. The first-order valence-electron chi connectivity index (χ1n) is 8.21. The van der Waals surface area contributed by atoms with Crippen LogP contribution in [0.4, 0.5) is 11.6 Å². The van der Waals surface area contributed by atoms with Crippen molar-refractivity contribution in [2.75, 3.05) is 29.9 Å². The van der Waals surface area contributed by atoms with Gasteiger partial charge in [0.1, 0.15) is 23.5 Å². The van der Waals surface area contributed by atoms with Gasteiger partial charge in [-0.25, -0.2) is 4.98 Å². The molecule has 0 unspecified atom stereocenters. The van der Waals surface area contributed by atoms with E-state index < -0.39 is 0 Å². The topological polar surface area (TPSA) is 102 Å². The Kier molecular flexibility index (Phi) is 4.76. The van der Waals surface area contributed by atoms with Crippen molar-refractivity contribution in [1.82, 2.24) is 15.2 Å². The lowest BCUT2D eigenvalue weighted by molar-refractivity contribution is 0.620. The summed E-state index contributed by atoms with van der Waals surface area (Å²) in [7, 11) is 0. The number of pyridine rings is 1. The minimum absolute atomic E-state index is 0.437. The molecular formula is C18H19N7. The quantitative estimate of drug-likeness (QED) is 0.914. The Hall–Kier alpha value is -3.19. The summed E-state index contributed by atoms with van der Waals surface area (Å²) in [5.41, 5.74) is 2.87.